The van der Waals surface area contributed by atoms with Crippen LogP contribution < -0.4 is 0 Å². The van der Waals surface area contributed by atoms with Crippen molar-refractivity contribution in [3.8, 4) is 11.4 Å². The molecule has 3 heterocycles. The van der Waals surface area contributed by atoms with Crippen molar-refractivity contribution in [2.24, 2.45) is 7.05 Å². The first-order chi connectivity index (χ1) is 13.2. The van der Waals surface area contributed by atoms with E-state index in [0.29, 0.717) is 24.6 Å². The molecule has 0 radical (unpaired) electrons. The van der Waals surface area contributed by atoms with Crippen molar-refractivity contribution < 1.29 is 9.32 Å². The van der Waals surface area contributed by atoms with Gasteiger partial charge in [-0.25, -0.2) is 0 Å². The summed E-state index contributed by atoms with van der Waals surface area (Å²) in [6.45, 7) is 0.777. The molecule has 1 fully saturated rings. The number of carbonyl (C=O) groups is 1. The Morgan fingerprint density at radius 1 is 1.22 bits per heavy atom. The van der Waals surface area contributed by atoms with Gasteiger partial charge in [0.15, 0.2) is 0 Å². The Kier molecular flexibility index (Phi) is 5.00. The summed E-state index contributed by atoms with van der Waals surface area (Å²) < 4.78 is 7.11. The lowest BCUT2D eigenvalue weighted by Crippen LogP contribution is -2.38. The predicted molar refractivity (Wildman–Crippen MR) is 99.6 cm³/mol. The van der Waals surface area contributed by atoms with Gasteiger partial charge in [-0.05, 0) is 25.3 Å². The van der Waals surface area contributed by atoms with Crippen molar-refractivity contribution in [2.45, 2.75) is 38.1 Å². The lowest BCUT2D eigenvalue weighted by Gasteiger charge is -2.34. The van der Waals surface area contributed by atoms with E-state index in [1.54, 1.807) is 4.68 Å². The Bertz CT molecular complexity index is 902. The Morgan fingerprint density at radius 3 is 2.85 bits per heavy atom. The largest absolute Gasteiger partial charge is 0.339 e. The van der Waals surface area contributed by atoms with Crippen LogP contribution in [0.15, 0.2) is 47.1 Å². The van der Waals surface area contributed by atoms with Gasteiger partial charge >= 0.3 is 0 Å². The molecule has 0 spiro atoms. The van der Waals surface area contributed by atoms with Gasteiger partial charge in [0.1, 0.15) is 0 Å². The van der Waals surface area contributed by atoms with E-state index in [2.05, 4.69) is 15.2 Å². The van der Waals surface area contributed by atoms with Crippen molar-refractivity contribution in [3.63, 3.8) is 0 Å². The maximum Gasteiger partial charge on any atom is 0.227 e. The molecule has 0 saturated carbocycles. The quantitative estimate of drug-likeness (QED) is 0.694. The van der Waals surface area contributed by atoms with Gasteiger partial charge < -0.3 is 9.42 Å². The molecule has 2 aromatic heterocycles. The summed E-state index contributed by atoms with van der Waals surface area (Å²) in [6, 6.07) is 11.7. The average Bonchev–Trinajstić information content (AvgIpc) is 3.36. The van der Waals surface area contributed by atoms with Gasteiger partial charge in [0.05, 0.1) is 11.7 Å². The molecule has 1 atom stereocenters. The second-order valence-corrected chi connectivity index (χ2v) is 6.89. The Balaban J connectivity index is 1.40. The number of benzene rings is 1. The highest BCUT2D eigenvalue weighted by Gasteiger charge is 2.29. The fourth-order valence-electron chi connectivity index (χ4n) is 3.57. The van der Waals surface area contributed by atoms with Crippen LogP contribution in [-0.2, 0) is 18.3 Å². The van der Waals surface area contributed by atoms with Gasteiger partial charge in [-0.2, -0.15) is 10.1 Å². The van der Waals surface area contributed by atoms with Gasteiger partial charge in [0.2, 0.25) is 17.6 Å². The number of nitrogens with zero attached hydrogens (tertiary/aromatic N) is 5. The first-order valence-electron chi connectivity index (χ1n) is 9.38. The number of rotatable bonds is 5. The van der Waals surface area contributed by atoms with E-state index in [1.165, 1.54) is 0 Å². The highest BCUT2D eigenvalue weighted by molar-refractivity contribution is 5.77. The second-order valence-electron chi connectivity index (χ2n) is 6.89. The molecule has 0 aliphatic carbocycles. The molecule has 140 valence electrons. The number of aryl methyl sites for hydroxylation is 2. The van der Waals surface area contributed by atoms with E-state index >= 15 is 0 Å². The smallest absolute Gasteiger partial charge is 0.227 e. The third-order valence-electron chi connectivity index (χ3n) is 4.95. The molecule has 1 unspecified atom stereocenters. The van der Waals surface area contributed by atoms with E-state index in [1.807, 2.05) is 54.5 Å². The fraction of sp³-hybridized carbons (Fsp3) is 0.400. The number of likely N-dealkylation sites (tertiary alicyclic amines) is 1. The van der Waals surface area contributed by atoms with Gasteiger partial charge in [0.25, 0.3) is 0 Å². The fourth-order valence-corrected chi connectivity index (χ4v) is 3.57. The van der Waals surface area contributed by atoms with E-state index in [0.717, 1.165) is 37.1 Å². The molecule has 7 nitrogen and oxygen atoms in total. The summed E-state index contributed by atoms with van der Waals surface area (Å²) in [5.41, 5.74) is 1.87. The number of hydrogen-bond donors (Lipinski definition) is 0. The standard InChI is InChI=1S/C20H23N5O2/c1-24-14-12-16(22-24)17-9-5-6-13-25(17)19(26)11-10-18-21-20(23-27-18)15-7-3-2-4-8-15/h2-4,7-8,12,14,17H,5-6,9-11,13H2,1H3. The minimum atomic E-state index is 0.0648. The summed E-state index contributed by atoms with van der Waals surface area (Å²) in [5, 5.41) is 8.52. The first-order valence-corrected chi connectivity index (χ1v) is 9.38. The molecule has 1 aliphatic heterocycles. The van der Waals surface area contributed by atoms with E-state index in [-0.39, 0.29) is 11.9 Å². The predicted octanol–water partition coefficient (Wildman–Crippen LogP) is 3.16. The van der Waals surface area contributed by atoms with Crippen LogP contribution in [0.5, 0.6) is 0 Å². The molecule has 1 amide bonds. The molecular weight excluding hydrogens is 342 g/mol. The maximum absolute atomic E-state index is 12.8. The summed E-state index contributed by atoms with van der Waals surface area (Å²) >= 11 is 0. The van der Waals surface area contributed by atoms with Crippen LogP contribution in [0.25, 0.3) is 11.4 Å². The molecular formula is C20H23N5O2. The summed E-state index contributed by atoms with van der Waals surface area (Å²) in [4.78, 5) is 19.2. The molecule has 0 N–H and O–H groups in total. The number of aromatic nitrogens is 4. The monoisotopic (exact) mass is 365 g/mol. The lowest BCUT2D eigenvalue weighted by molar-refractivity contribution is -0.135. The Labute approximate surface area is 158 Å². The molecule has 1 aromatic carbocycles. The third kappa shape index (κ3) is 3.92. The normalized spacial score (nSPS) is 17.2. The van der Waals surface area contributed by atoms with Crippen molar-refractivity contribution in [1.29, 1.82) is 0 Å². The first kappa shape index (κ1) is 17.5. The van der Waals surface area contributed by atoms with Crippen LogP contribution in [0.1, 0.15) is 43.3 Å². The zero-order chi connectivity index (χ0) is 18.6. The SMILES string of the molecule is Cn1ccc(C2CCCCN2C(=O)CCc2nc(-c3ccccc3)no2)n1. The summed E-state index contributed by atoms with van der Waals surface area (Å²) in [7, 11) is 1.90. The van der Waals surface area contributed by atoms with Crippen molar-refractivity contribution in [2.75, 3.05) is 6.54 Å². The number of amides is 1. The lowest BCUT2D eigenvalue weighted by atomic mass is 9.99. The Morgan fingerprint density at radius 2 is 2.07 bits per heavy atom. The van der Waals surface area contributed by atoms with E-state index in [4.69, 9.17) is 4.52 Å². The molecule has 7 heteroatoms. The number of piperidine rings is 1. The molecule has 1 aliphatic rings. The number of hydrogen-bond acceptors (Lipinski definition) is 5. The van der Waals surface area contributed by atoms with Gasteiger partial charge in [-0.3, -0.25) is 9.48 Å². The number of carbonyl (C=O) groups excluding carboxylic acids is 1. The minimum Gasteiger partial charge on any atom is -0.339 e. The van der Waals surface area contributed by atoms with Crippen molar-refractivity contribution in [1.82, 2.24) is 24.8 Å². The summed E-state index contributed by atoms with van der Waals surface area (Å²) in [5.74, 6) is 1.17. The van der Waals surface area contributed by atoms with Crippen LogP contribution in [0, 0.1) is 0 Å². The van der Waals surface area contributed by atoms with Crippen molar-refractivity contribution in [3.05, 3.63) is 54.2 Å². The highest BCUT2D eigenvalue weighted by Crippen LogP contribution is 2.30. The molecule has 3 aromatic rings. The third-order valence-corrected chi connectivity index (χ3v) is 4.95. The van der Waals surface area contributed by atoms with E-state index < -0.39 is 0 Å². The van der Waals surface area contributed by atoms with Crippen LogP contribution in [0.2, 0.25) is 0 Å². The minimum absolute atomic E-state index is 0.0648. The second kappa shape index (κ2) is 7.73. The highest BCUT2D eigenvalue weighted by atomic mass is 16.5. The van der Waals surface area contributed by atoms with Crippen LogP contribution in [-0.4, -0.2) is 37.3 Å². The molecule has 27 heavy (non-hydrogen) atoms. The van der Waals surface area contributed by atoms with E-state index in [9.17, 15) is 4.79 Å². The van der Waals surface area contributed by atoms with Gasteiger partial charge in [0, 0.05) is 38.2 Å². The molecule has 4 rings (SSSR count). The average molecular weight is 365 g/mol. The zero-order valence-corrected chi connectivity index (χ0v) is 15.4. The maximum atomic E-state index is 12.8. The topological polar surface area (TPSA) is 77.0 Å². The molecule has 1 saturated heterocycles. The zero-order valence-electron chi connectivity index (χ0n) is 15.4. The van der Waals surface area contributed by atoms with Crippen LogP contribution in [0.3, 0.4) is 0 Å². The molecule has 0 bridgehead atoms. The van der Waals surface area contributed by atoms with Crippen LogP contribution >= 0.6 is 0 Å². The van der Waals surface area contributed by atoms with Crippen LogP contribution in [0.4, 0.5) is 0 Å². The van der Waals surface area contributed by atoms with Crippen molar-refractivity contribution >= 4 is 5.91 Å². The Hall–Kier alpha value is -2.96. The van der Waals surface area contributed by atoms with Gasteiger partial charge in [-0.1, -0.05) is 35.5 Å². The van der Waals surface area contributed by atoms with Gasteiger partial charge in [-0.15, -0.1) is 0 Å². The summed E-state index contributed by atoms with van der Waals surface area (Å²) in [6.07, 6.45) is 5.85.